The number of hydrogen-bond donors (Lipinski definition) is 2. The van der Waals surface area contributed by atoms with Gasteiger partial charge in [0.1, 0.15) is 6.10 Å². The first-order valence-electron chi connectivity index (χ1n) is 3.25. The second-order valence-corrected chi connectivity index (χ2v) is 2.30. The Balaban J connectivity index is 2.30. The molecule has 0 aromatic carbocycles. The molecule has 0 aromatic rings. The van der Waals surface area contributed by atoms with Crippen molar-refractivity contribution in [3.8, 4) is 0 Å². The van der Waals surface area contributed by atoms with Crippen molar-refractivity contribution in [1.29, 1.82) is 0 Å². The molecule has 0 aromatic heterocycles. The molecular formula is C6H12O3. The highest BCUT2D eigenvalue weighted by Crippen LogP contribution is 2.12. The van der Waals surface area contributed by atoms with Gasteiger partial charge in [-0.05, 0) is 12.8 Å². The van der Waals surface area contributed by atoms with Crippen LogP contribution in [0, 0.1) is 0 Å². The fourth-order valence-electron chi connectivity index (χ4n) is 0.999. The first-order chi connectivity index (χ1) is 4.34. The second-order valence-electron chi connectivity index (χ2n) is 2.30. The van der Waals surface area contributed by atoms with Gasteiger partial charge in [-0.3, -0.25) is 0 Å². The monoisotopic (exact) mass is 132 g/mol. The zero-order valence-corrected chi connectivity index (χ0v) is 5.29. The van der Waals surface area contributed by atoms with Crippen LogP contribution in [-0.2, 0) is 4.74 Å². The molecule has 1 aliphatic rings. The lowest BCUT2D eigenvalue weighted by Crippen LogP contribution is -2.36. The van der Waals surface area contributed by atoms with E-state index in [9.17, 15) is 0 Å². The Hall–Kier alpha value is -0.120. The molecule has 3 heteroatoms. The number of aliphatic hydroxyl groups excluding tert-OH is 2. The van der Waals surface area contributed by atoms with Gasteiger partial charge in [-0.25, -0.2) is 0 Å². The van der Waals surface area contributed by atoms with E-state index in [0.717, 1.165) is 12.8 Å². The normalized spacial score (nSPS) is 36.7. The van der Waals surface area contributed by atoms with E-state index >= 15 is 0 Å². The Morgan fingerprint density at radius 3 is 2.78 bits per heavy atom. The third-order valence-electron chi connectivity index (χ3n) is 1.59. The fourth-order valence-corrected chi connectivity index (χ4v) is 0.999. The molecule has 0 bridgehead atoms. The highest BCUT2D eigenvalue weighted by molar-refractivity contribution is 4.71. The summed E-state index contributed by atoms with van der Waals surface area (Å²) in [6, 6.07) is 0. The zero-order valence-electron chi connectivity index (χ0n) is 5.29. The van der Waals surface area contributed by atoms with Crippen LogP contribution in [0.15, 0.2) is 0 Å². The molecule has 0 unspecified atom stereocenters. The molecule has 1 saturated heterocycles. The Labute approximate surface area is 54.3 Å². The van der Waals surface area contributed by atoms with E-state index in [1.807, 2.05) is 0 Å². The lowest BCUT2D eigenvalue weighted by molar-refractivity contribution is -0.0942. The maximum absolute atomic E-state index is 9.08. The quantitative estimate of drug-likeness (QED) is 0.506. The molecule has 54 valence electrons. The Kier molecular flexibility index (Phi) is 2.45. The van der Waals surface area contributed by atoms with E-state index in [0.29, 0.717) is 6.61 Å². The third kappa shape index (κ3) is 1.64. The summed E-state index contributed by atoms with van der Waals surface area (Å²) in [6.07, 6.45) is 0.866. The van der Waals surface area contributed by atoms with Gasteiger partial charge in [0.15, 0.2) is 0 Å². The topological polar surface area (TPSA) is 49.7 Å². The number of hydrogen-bond acceptors (Lipinski definition) is 3. The second kappa shape index (κ2) is 3.15. The number of rotatable bonds is 1. The SMILES string of the molecule is OC[C@@H]1OCCC[C@@H]1O. The highest BCUT2D eigenvalue weighted by Gasteiger charge is 2.22. The van der Waals surface area contributed by atoms with Crippen molar-refractivity contribution in [1.82, 2.24) is 0 Å². The van der Waals surface area contributed by atoms with E-state index in [1.54, 1.807) is 0 Å². The first-order valence-corrected chi connectivity index (χ1v) is 3.25. The summed E-state index contributed by atoms with van der Waals surface area (Å²) in [6.45, 7) is 0.601. The van der Waals surface area contributed by atoms with E-state index in [-0.39, 0.29) is 12.7 Å². The van der Waals surface area contributed by atoms with Crippen molar-refractivity contribution in [3.63, 3.8) is 0 Å². The van der Waals surface area contributed by atoms with Gasteiger partial charge in [0, 0.05) is 6.61 Å². The lowest BCUT2D eigenvalue weighted by Gasteiger charge is -2.25. The van der Waals surface area contributed by atoms with E-state index in [4.69, 9.17) is 14.9 Å². The van der Waals surface area contributed by atoms with Gasteiger partial charge in [-0.15, -0.1) is 0 Å². The van der Waals surface area contributed by atoms with E-state index in [1.165, 1.54) is 0 Å². The van der Waals surface area contributed by atoms with Crippen LogP contribution in [0.1, 0.15) is 12.8 Å². The minimum absolute atomic E-state index is 0.0683. The molecule has 3 nitrogen and oxygen atoms in total. The average molecular weight is 132 g/mol. The maximum Gasteiger partial charge on any atom is 0.106 e. The van der Waals surface area contributed by atoms with Gasteiger partial charge >= 0.3 is 0 Å². The molecule has 2 atom stereocenters. The molecule has 1 aliphatic heterocycles. The van der Waals surface area contributed by atoms with E-state index in [2.05, 4.69) is 0 Å². The third-order valence-corrected chi connectivity index (χ3v) is 1.59. The molecule has 0 radical (unpaired) electrons. The summed E-state index contributed by atoms with van der Waals surface area (Å²) in [5.41, 5.74) is 0. The van der Waals surface area contributed by atoms with Crippen LogP contribution >= 0.6 is 0 Å². The Bertz CT molecular complexity index is 84.4. The Morgan fingerprint density at radius 2 is 2.33 bits per heavy atom. The standard InChI is InChI=1S/C6H12O3/c7-4-6-5(8)2-1-3-9-6/h5-8H,1-4H2/t5-,6-/m0/s1. The van der Waals surface area contributed by atoms with Gasteiger partial charge in [0.05, 0.1) is 12.7 Å². The van der Waals surface area contributed by atoms with Crippen LogP contribution < -0.4 is 0 Å². The van der Waals surface area contributed by atoms with Gasteiger partial charge in [-0.2, -0.15) is 0 Å². The number of ether oxygens (including phenoxy) is 1. The van der Waals surface area contributed by atoms with Crippen molar-refractivity contribution in [2.45, 2.75) is 25.0 Å². The molecule has 1 fully saturated rings. The predicted octanol–water partition coefficient (Wildman–Crippen LogP) is -0.481. The summed E-state index contributed by atoms with van der Waals surface area (Å²) in [5.74, 6) is 0. The molecular weight excluding hydrogens is 120 g/mol. The maximum atomic E-state index is 9.08. The van der Waals surface area contributed by atoms with Crippen LogP contribution in [0.25, 0.3) is 0 Å². The van der Waals surface area contributed by atoms with E-state index < -0.39 is 6.10 Å². The van der Waals surface area contributed by atoms with Crippen LogP contribution in [0.3, 0.4) is 0 Å². The van der Waals surface area contributed by atoms with Gasteiger partial charge in [0.2, 0.25) is 0 Å². The summed E-state index contributed by atoms with van der Waals surface area (Å²) < 4.78 is 5.04. The van der Waals surface area contributed by atoms with Gasteiger partial charge in [-0.1, -0.05) is 0 Å². The summed E-state index contributed by atoms with van der Waals surface area (Å²) >= 11 is 0. The predicted molar refractivity (Wildman–Crippen MR) is 32.1 cm³/mol. The minimum Gasteiger partial charge on any atom is -0.394 e. The van der Waals surface area contributed by atoms with Crippen LogP contribution in [0.4, 0.5) is 0 Å². The van der Waals surface area contributed by atoms with Crippen molar-refractivity contribution in [2.75, 3.05) is 13.2 Å². The lowest BCUT2D eigenvalue weighted by atomic mass is 10.1. The smallest absolute Gasteiger partial charge is 0.106 e. The summed E-state index contributed by atoms with van der Waals surface area (Å²) in [7, 11) is 0. The Morgan fingerprint density at radius 1 is 1.56 bits per heavy atom. The molecule has 9 heavy (non-hydrogen) atoms. The van der Waals surface area contributed by atoms with Gasteiger partial charge in [0.25, 0.3) is 0 Å². The highest BCUT2D eigenvalue weighted by atomic mass is 16.5. The molecule has 0 amide bonds. The zero-order chi connectivity index (χ0) is 6.69. The fraction of sp³-hybridized carbons (Fsp3) is 1.00. The largest absolute Gasteiger partial charge is 0.394 e. The molecule has 1 rings (SSSR count). The van der Waals surface area contributed by atoms with Crippen molar-refractivity contribution in [3.05, 3.63) is 0 Å². The molecule has 1 heterocycles. The summed E-state index contributed by atoms with van der Waals surface area (Å²) in [4.78, 5) is 0. The molecule has 0 aliphatic carbocycles. The summed E-state index contributed by atoms with van der Waals surface area (Å²) in [5, 5.41) is 17.7. The first kappa shape index (κ1) is 6.99. The number of aliphatic hydroxyl groups is 2. The molecule has 0 saturated carbocycles. The van der Waals surface area contributed by atoms with Crippen molar-refractivity contribution >= 4 is 0 Å². The molecule has 0 spiro atoms. The average Bonchev–Trinajstić information content (AvgIpc) is 1.89. The van der Waals surface area contributed by atoms with Crippen LogP contribution in [-0.4, -0.2) is 35.6 Å². The van der Waals surface area contributed by atoms with Crippen molar-refractivity contribution < 1.29 is 14.9 Å². The van der Waals surface area contributed by atoms with Crippen molar-refractivity contribution in [2.24, 2.45) is 0 Å². The molecule has 2 N–H and O–H groups in total. The minimum atomic E-state index is -0.455. The van der Waals surface area contributed by atoms with Crippen LogP contribution in [0.5, 0.6) is 0 Å². The van der Waals surface area contributed by atoms with Crippen LogP contribution in [0.2, 0.25) is 0 Å². The van der Waals surface area contributed by atoms with Gasteiger partial charge < -0.3 is 14.9 Å².